The molecule has 57 heavy (non-hydrogen) atoms. The van der Waals surface area contributed by atoms with Crippen LogP contribution in [0.2, 0.25) is 0 Å². The molecule has 0 N–H and O–H groups in total. The van der Waals surface area contributed by atoms with Crippen molar-refractivity contribution < 1.29 is 28.6 Å². The largest absolute Gasteiger partial charge is 0.462 e. The maximum absolute atomic E-state index is 12.7. The minimum absolute atomic E-state index is 0.103. The monoisotopic (exact) mass is 795 g/mol. The van der Waals surface area contributed by atoms with Gasteiger partial charge in [0.1, 0.15) is 13.2 Å². The zero-order valence-electron chi connectivity index (χ0n) is 37.1. The van der Waals surface area contributed by atoms with Crippen LogP contribution in [0.3, 0.4) is 0 Å². The molecule has 6 nitrogen and oxygen atoms in total. The number of allylic oxidation sites excluding steroid dienone is 12. The molecule has 0 saturated heterocycles. The van der Waals surface area contributed by atoms with Gasteiger partial charge in [0.05, 0.1) is 0 Å². The Morgan fingerprint density at radius 2 is 0.702 bits per heavy atom. The summed E-state index contributed by atoms with van der Waals surface area (Å²) in [6, 6.07) is 0. The molecule has 0 aliphatic carbocycles. The SMILES string of the molecule is CC/C=C/C=C/C=C/C=C/CCCCCC(=O)OCC(COC(=O)CCCCC/C=C/CCCCCCCC)OC(=O)CCCCC/C=C/CCCCCCCC. The van der Waals surface area contributed by atoms with Crippen molar-refractivity contribution in [3.63, 3.8) is 0 Å². The maximum Gasteiger partial charge on any atom is 0.306 e. The van der Waals surface area contributed by atoms with E-state index in [9.17, 15) is 14.4 Å². The standard InChI is InChI=1S/C51H86O6/c1-4-7-10-13-16-19-22-25-28-31-34-37-40-43-49(52)55-46-48(57-51(54)45-42-39-36-33-30-27-24-21-18-15-12-9-6-3)47-56-50(53)44-41-38-35-32-29-26-23-20-17-14-11-8-5-2/h7,10,13,16,19,22,25-30,48H,4-6,8-9,11-12,14-15,17-18,20-21,23-24,31-47H2,1-3H3/b10-7+,16-13+,22-19+,28-25+,29-26+,30-27+. The van der Waals surface area contributed by atoms with E-state index in [0.29, 0.717) is 19.3 Å². The van der Waals surface area contributed by atoms with Crippen LogP contribution in [-0.4, -0.2) is 37.2 Å². The fourth-order valence-corrected chi connectivity index (χ4v) is 6.20. The average Bonchev–Trinajstić information content (AvgIpc) is 3.21. The van der Waals surface area contributed by atoms with E-state index in [-0.39, 0.29) is 31.1 Å². The second-order valence-corrected chi connectivity index (χ2v) is 15.4. The number of ether oxygens (including phenoxy) is 3. The molecule has 6 heteroatoms. The molecule has 0 aromatic heterocycles. The summed E-state index contributed by atoms with van der Waals surface area (Å²) in [7, 11) is 0. The predicted octanol–water partition coefficient (Wildman–Crippen LogP) is 15.1. The number of carbonyl (C=O) groups excluding carboxylic acids is 3. The Kier molecular flexibility index (Phi) is 43.0. The van der Waals surface area contributed by atoms with E-state index in [1.54, 1.807) is 0 Å². The van der Waals surface area contributed by atoms with Crippen LogP contribution in [0.4, 0.5) is 0 Å². The van der Waals surface area contributed by atoms with Crippen LogP contribution >= 0.6 is 0 Å². The summed E-state index contributed by atoms with van der Waals surface area (Å²) in [6.07, 6.45) is 56.0. The van der Waals surface area contributed by atoms with E-state index in [2.05, 4.69) is 57.2 Å². The first-order valence-corrected chi connectivity index (χ1v) is 23.5. The number of carbonyl (C=O) groups is 3. The van der Waals surface area contributed by atoms with Crippen molar-refractivity contribution in [1.29, 1.82) is 0 Å². The molecule has 1 atom stereocenters. The van der Waals surface area contributed by atoms with Crippen LogP contribution in [0, 0.1) is 0 Å². The molecule has 0 aliphatic heterocycles. The van der Waals surface area contributed by atoms with Crippen molar-refractivity contribution in [2.45, 2.75) is 219 Å². The van der Waals surface area contributed by atoms with Gasteiger partial charge in [-0.2, -0.15) is 0 Å². The Labute approximate surface area is 351 Å². The highest BCUT2D eigenvalue weighted by molar-refractivity contribution is 5.71. The zero-order valence-corrected chi connectivity index (χ0v) is 37.1. The highest BCUT2D eigenvalue weighted by atomic mass is 16.6. The van der Waals surface area contributed by atoms with E-state index in [1.807, 2.05) is 36.5 Å². The van der Waals surface area contributed by atoms with Gasteiger partial charge in [0.25, 0.3) is 0 Å². The molecule has 0 saturated carbocycles. The van der Waals surface area contributed by atoms with E-state index in [1.165, 1.54) is 77.0 Å². The molecule has 0 aromatic carbocycles. The van der Waals surface area contributed by atoms with Gasteiger partial charge in [-0.1, -0.05) is 177 Å². The number of unbranched alkanes of at least 4 members (excludes halogenated alkanes) is 21. The Morgan fingerprint density at radius 1 is 0.368 bits per heavy atom. The third-order valence-corrected chi connectivity index (χ3v) is 9.76. The highest BCUT2D eigenvalue weighted by Crippen LogP contribution is 2.12. The fraction of sp³-hybridized carbons (Fsp3) is 0.706. The van der Waals surface area contributed by atoms with Crippen LogP contribution in [0.15, 0.2) is 72.9 Å². The predicted molar refractivity (Wildman–Crippen MR) is 242 cm³/mol. The molecule has 0 aliphatic rings. The Balaban J connectivity index is 4.50. The van der Waals surface area contributed by atoms with Crippen molar-refractivity contribution in [3.8, 4) is 0 Å². The second kappa shape index (κ2) is 45.6. The van der Waals surface area contributed by atoms with Gasteiger partial charge >= 0.3 is 17.9 Å². The van der Waals surface area contributed by atoms with E-state index >= 15 is 0 Å². The van der Waals surface area contributed by atoms with E-state index in [4.69, 9.17) is 14.2 Å². The Hall–Kier alpha value is -3.15. The molecular weight excluding hydrogens is 709 g/mol. The molecular formula is C51H86O6. The number of esters is 3. The summed E-state index contributed by atoms with van der Waals surface area (Å²) >= 11 is 0. The minimum atomic E-state index is -0.803. The van der Waals surface area contributed by atoms with Gasteiger partial charge < -0.3 is 14.2 Å². The molecule has 0 heterocycles. The van der Waals surface area contributed by atoms with Crippen molar-refractivity contribution in [2.24, 2.45) is 0 Å². The Bertz CT molecular complexity index is 1100. The molecule has 1 unspecified atom stereocenters. The number of rotatable bonds is 41. The Morgan fingerprint density at radius 3 is 1.12 bits per heavy atom. The lowest BCUT2D eigenvalue weighted by atomic mass is 10.1. The van der Waals surface area contributed by atoms with Crippen molar-refractivity contribution in [2.75, 3.05) is 13.2 Å². The molecule has 326 valence electrons. The van der Waals surface area contributed by atoms with Gasteiger partial charge in [0, 0.05) is 19.3 Å². The molecule has 0 rings (SSSR count). The van der Waals surface area contributed by atoms with E-state index in [0.717, 1.165) is 96.3 Å². The first kappa shape index (κ1) is 53.9. The average molecular weight is 795 g/mol. The van der Waals surface area contributed by atoms with Crippen molar-refractivity contribution in [3.05, 3.63) is 72.9 Å². The minimum Gasteiger partial charge on any atom is -0.462 e. The molecule has 0 spiro atoms. The number of hydrogen-bond donors (Lipinski definition) is 0. The molecule has 0 aromatic rings. The van der Waals surface area contributed by atoms with Crippen molar-refractivity contribution >= 4 is 17.9 Å². The molecule has 0 amide bonds. The second-order valence-electron chi connectivity index (χ2n) is 15.4. The van der Waals surface area contributed by atoms with Gasteiger partial charge in [-0.05, 0) is 89.9 Å². The number of hydrogen-bond acceptors (Lipinski definition) is 6. The summed E-state index contributed by atoms with van der Waals surface area (Å²) in [5, 5.41) is 0. The summed E-state index contributed by atoms with van der Waals surface area (Å²) < 4.78 is 16.7. The summed E-state index contributed by atoms with van der Waals surface area (Å²) in [5.74, 6) is -0.978. The van der Waals surface area contributed by atoms with Crippen LogP contribution in [0.25, 0.3) is 0 Å². The fourth-order valence-electron chi connectivity index (χ4n) is 6.20. The van der Waals surface area contributed by atoms with Gasteiger partial charge in [-0.25, -0.2) is 0 Å². The third-order valence-electron chi connectivity index (χ3n) is 9.76. The lowest BCUT2D eigenvalue weighted by Gasteiger charge is -2.18. The van der Waals surface area contributed by atoms with Gasteiger partial charge in [-0.15, -0.1) is 0 Å². The van der Waals surface area contributed by atoms with Crippen molar-refractivity contribution in [1.82, 2.24) is 0 Å². The first-order chi connectivity index (χ1) is 28.0. The van der Waals surface area contributed by atoms with Gasteiger partial charge in [0.15, 0.2) is 6.10 Å². The van der Waals surface area contributed by atoms with E-state index < -0.39 is 6.10 Å². The van der Waals surface area contributed by atoms with Crippen LogP contribution < -0.4 is 0 Å². The first-order valence-electron chi connectivity index (χ1n) is 23.5. The zero-order chi connectivity index (χ0) is 41.5. The van der Waals surface area contributed by atoms with Gasteiger partial charge in [0.2, 0.25) is 0 Å². The molecule has 0 bridgehead atoms. The highest BCUT2D eigenvalue weighted by Gasteiger charge is 2.19. The van der Waals surface area contributed by atoms with Crippen LogP contribution in [-0.2, 0) is 28.6 Å². The molecule has 0 fully saturated rings. The quantitative estimate of drug-likeness (QED) is 0.0202. The lowest BCUT2D eigenvalue weighted by molar-refractivity contribution is -0.167. The smallest absolute Gasteiger partial charge is 0.306 e. The topological polar surface area (TPSA) is 78.9 Å². The summed E-state index contributed by atoms with van der Waals surface area (Å²) in [5.41, 5.74) is 0. The normalized spacial score (nSPS) is 12.7. The lowest BCUT2D eigenvalue weighted by Crippen LogP contribution is -2.30. The molecule has 0 radical (unpaired) electrons. The van der Waals surface area contributed by atoms with Crippen LogP contribution in [0.5, 0.6) is 0 Å². The van der Waals surface area contributed by atoms with Crippen LogP contribution in [0.1, 0.15) is 213 Å². The van der Waals surface area contributed by atoms with Gasteiger partial charge in [-0.3, -0.25) is 14.4 Å². The maximum atomic E-state index is 12.7. The third kappa shape index (κ3) is 43.8. The summed E-state index contributed by atoms with van der Waals surface area (Å²) in [4.78, 5) is 37.8. The summed E-state index contributed by atoms with van der Waals surface area (Å²) in [6.45, 7) is 6.40.